The number of nitrogens with one attached hydrogen (secondary N) is 2. The maximum atomic E-state index is 11.5. The Morgan fingerprint density at radius 2 is 1.39 bits per heavy atom. The second kappa shape index (κ2) is 9.40. The number of carbonyl (C=O) groups is 1. The van der Waals surface area contributed by atoms with Crippen LogP contribution in [0.15, 0.2) is 24.3 Å². The van der Waals surface area contributed by atoms with Crippen LogP contribution in [0.4, 0.5) is 16.2 Å². The molecular formula is C18H32N2O3. The minimum Gasteiger partial charge on any atom is -0.444 e. The molecule has 0 atom stereocenters. The molecule has 0 aliphatic rings. The summed E-state index contributed by atoms with van der Waals surface area (Å²) in [5.74, 6) is 0. The van der Waals surface area contributed by atoms with Gasteiger partial charge in [0.1, 0.15) is 5.60 Å². The third-order valence-electron chi connectivity index (χ3n) is 2.52. The molecule has 2 N–H and O–H groups in total. The molecule has 1 rings (SSSR count). The lowest BCUT2D eigenvalue weighted by Gasteiger charge is -2.19. The van der Waals surface area contributed by atoms with Gasteiger partial charge in [-0.25, -0.2) is 4.79 Å². The van der Waals surface area contributed by atoms with Gasteiger partial charge in [0.2, 0.25) is 0 Å². The summed E-state index contributed by atoms with van der Waals surface area (Å²) in [4.78, 5) is 11.5. The van der Waals surface area contributed by atoms with E-state index in [1.807, 2.05) is 72.7 Å². The van der Waals surface area contributed by atoms with Gasteiger partial charge < -0.3 is 14.8 Å². The fourth-order valence-corrected chi connectivity index (χ4v) is 1.30. The second-order valence-electron chi connectivity index (χ2n) is 7.05. The zero-order chi connectivity index (χ0) is 18.1. The molecule has 0 saturated heterocycles. The van der Waals surface area contributed by atoms with E-state index in [2.05, 4.69) is 10.6 Å². The molecule has 5 nitrogen and oxygen atoms in total. The van der Waals surface area contributed by atoms with Gasteiger partial charge in [0.05, 0.1) is 5.60 Å². The number of benzene rings is 1. The topological polar surface area (TPSA) is 59.6 Å². The highest BCUT2D eigenvalue weighted by Gasteiger charge is 2.15. The van der Waals surface area contributed by atoms with E-state index in [9.17, 15) is 4.79 Å². The number of anilines is 2. The zero-order valence-corrected chi connectivity index (χ0v) is 15.7. The lowest BCUT2D eigenvalue weighted by molar-refractivity contribution is 0.0397. The summed E-state index contributed by atoms with van der Waals surface area (Å²) in [5, 5.41) is 5.86. The Morgan fingerprint density at radius 3 is 1.74 bits per heavy atom. The summed E-state index contributed by atoms with van der Waals surface area (Å²) in [6.07, 6.45) is -0.436. The average molecular weight is 324 g/mol. The summed E-state index contributed by atoms with van der Waals surface area (Å²) in [6.45, 7) is 14.5. The number of carbonyl (C=O) groups excluding carboxylic acids is 1. The van der Waals surface area contributed by atoms with Gasteiger partial charge in [-0.15, -0.1) is 0 Å². The van der Waals surface area contributed by atoms with Gasteiger partial charge in [0.15, 0.2) is 0 Å². The number of ether oxygens (including phenoxy) is 2. The Hall–Kier alpha value is -1.75. The van der Waals surface area contributed by atoms with Crippen LogP contribution >= 0.6 is 0 Å². The zero-order valence-electron chi connectivity index (χ0n) is 15.7. The van der Waals surface area contributed by atoms with Crippen LogP contribution in [-0.4, -0.2) is 30.9 Å². The normalized spacial score (nSPS) is 11.1. The Labute approximate surface area is 140 Å². The van der Waals surface area contributed by atoms with E-state index in [1.165, 1.54) is 0 Å². The Bertz CT molecular complexity index is 457. The van der Waals surface area contributed by atoms with Crippen molar-refractivity contribution in [2.75, 3.05) is 24.3 Å². The third-order valence-corrected chi connectivity index (χ3v) is 2.52. The van der Waals surface area contributed by atoms with Gasteiger partial charge in [-0.2, -0.15) is 0 Å². The maximum absolute atomic E-state index is 11.5. The third kappa shape index (κ3) is 12.5. The van der Waals surface area contributed by atoms with Crippen LogP contribution < -0.4 is 10.6 Å². The Balaban J connectivity index is 0.000000688. The smallest absolute Gasteiger partial charge is 0.412 e. The Kier molecular flexibility index (Phi) is 8.69. The van der Waals surface area contributed by atoms with E-state index in [1.54, 1.807) is 7.11 Å². The van der Waals surface area contributed by atoms with Gasteiger partial charge in [-0.05, 0) is 72.7 Å². The van der Waals surface area contributed by atoms with Crippen molar-refractivity contribution < 1.29 is 14.3 Å². The molecule has 0 aromatic heterocycles. The van der Waals surface area contributed by atoms with Crippen LogP contribution in [0.25, 0.3) is 0 Å². The van der Waals surface area contributed by atoms with Gasteiger partial charge in [-0.3, -0.25) is 5.32 Å². The van der Waals surface area contributed by atoms with E-state index in [4.69, 9.17) is 9.47 Å². The minimum absolute atomic E-state index is 0.0417. The minimum atomic E-state index is -0.478. The van der Waals surface area contributed by atoms with E-state index in [0.29, 0.717) is 0 Å². The summed E-state index contributed by atoms with van der Waals surface area (Å²) >= 11 is 0. The molecular weight excluding hydrogens is 292 g/mol. The highest BCUT2D eigenvalue weighted by molar-refractivity contribution is 5.85. The van der Waals surface area contributed by atoms with E-state index >= 15 is 0 Å². The molecule has 0 spiro atoms. The van der Waals surface area contributed by atoms with Crippen molar-refractivity contribution in [1.82, 2.24) is 0 Å². The largest absolute Gasteiger partial charge is 0.444 e. The predicted octanol–water partition coefficient (Wildman–Crippen LogP) is 4.90. The molecule has 0 heterocycles. The first-order valence-electron chi connectivity index (χ1n) is 7.86. The van der Waals surface area contributed by atoms with Crippen molar-refractivity contribution in [2.24, 2.45) is 0 Å². The van der Waals surface area contributed by atoms with Crippen LogP contribution in [0.2, 0.25) is 0 Å². The summed E-state index contributed by atoms with van der Waals surface area (Å²) < 4.78 is 10.1. The van der Waals surface area contributed by atoms with Crippen LogP contribution in [0.3, 0.4) is 0 Å². The first-order chi connectivity index (χ1) is 10.5. The second-order valence-corrected chi connectivity index (χ2v) is 7.05. The highest BCUT2D eigenvalue weighted by atomic mass is 16.6. The van der Waals surface area contributed by atoms with Crippen molar-refractivity contribution in [1.29, 1.82) is 0 Å². The molecule has 0 fully saturated rings. The van der Waals surface area contributed by atoms with E-state index in [0.717, 1.165) is 17.9 Å². The molecule has 0 radical (unpaired) electrons. The summed E-state index contributed by atoms with van der Waals surface area (Å²) in [5.41, 5.74) is 1.32. The Morgan fingerprint density at radius 1 is 0.957 bits per heavy atom. The summed E-state index contributed by atoms with van der Waals surface area (Å²) in [7, 11) is 1.71. The molecule has 23 heavy (non-hydrogen) atoms. The standard InChI is InChI=1S/C13H20N2O2.C5H12O/c1-5-14-10-6-8-11(9-7-10)15-12(16)17-13(2,3)4;1-5(2,3)6-4/h6-9,14H,5H2,1-4H3,(H,15,16);1-4H3. The molecule has 0 aliphatic heterocycles. The molecule has 1 aromatic carbocycles. The lowest BCUT2D eigenvalue weighted by atomic mass is 10.2. The van der Waals surface area contributed by atoms with Crippen LogP contribution in [0, 0.1) is 0 Å². The highest BCUT2D eigenvalue weighted by Crippen LogP contribution is 2.15. The maximum Gasteiger partial charge on any atom is 0.412 e. The molecule has 0 unspecified atom stereocenters. The van der Waals surface area contributed by atoms with Crippen molar-refractivity contribution in [3.05, 3.63) is 24.3 Å². The van der Waals surface area contributed by atoms with Gasteiger partial charge >= 0.3 is 6.09 Å². The molecule has 1 amide bonds. The summed E-state index contributed by atoms with van der Waals surface area (Å²) in [6, 6.07) is 7.50. The SMILES string of the molecule is CCNc1ccc(NC(=O)OC(C)(C)C)cc1.COC(C)(C)C. The molecule has 5 heteroatoms. The lowest BCUT2D eigenvalue weighted by Crippen LogP contribution is -2.27. The first kappa shape index (κ1) is 21.2. The molecule has 132 valence electrons. The van der Waals surface area contributed by atoms with Crippen molar-refractivity contribution in [2.45, 2.75) is 59.7 Å². The molecule has 0 saturated carbocycles. The van der Waals surface area contributed by atoms with Crippen LogP contribution in [-0.2, 0) is 9.47 Å². The predicted molar refractivity (Wildman–Crippen MR) is 97.2 cm³/mol. The van der Waals surface area contributed by atoms with Crippen molar-refractivity contribution >= 4 is 17.5 Å². The fourth-order valence-electron chi connectivity index (χ4n) is 1.30. The van der Waals surface area contributed by atoms with Crippen LogP contribution in [0.5, 0.6) is 0 Å². The van der Waals surface area contributed by atoms with Gasteiger partial charge in [-0.1, -0.05) is 0 Å². The number of hydrogen-bond acceptors (Lipinski definition) is 4. The molecule has 0 bridgehead atoms. The quantitative estimate of drug-likeness (QED) is 0.830. The number of methoxy groups -OCH3 is 1. The van der Waals surface area contributed by atoms with Crippen molar-refractivity contribution in [3.8, 4) is 0 Å². The van der Waals surface area contributed by atoms with Gasteiger partial charge in [0.25, 0.3) is 0 Å². The van der Waals surface area contributed by atoms with E-state index < -0.39 is 11.7 Å². The van der Waals surface area contributed by atoms with Gasteiger partial charge in [0, 0.05) is 25.0 Å². The number of rotatable bonds is 3. The monoisotopic (exact) mass is 324 g/mol. The van der Waals surface area contributed by atoms with E-state index in [-0.39, 0.29) is 5.60 Å². The first-order valence-corrected chi connectivity index (χ1v) is 7.86. The van der Waals surface area contributed by atoms with Crippen molar-refractivity contribution in [3.63, 3.8) is 0 Å². The fraction of sp³-hybridized carbons (Fsp3) is 0.611. The average Bonchev–Trinajstić information content (AvgIpc) is 2.39. The van der Waals surface area contributed by atoms with Crippen LogP contribution in [0.1, 0.15) is 48.5 Å². The number of amides is 1. The number of hydrogen-bond donors (Lipinski definition) is 2. The molecule has 1 aromatic rings. The molecule has 0 aliphatic carbocycles.